The highest BCUT2D eigenvalue weighted by molar-refractivity contribution is 5.76. The standard InChI is InChI=1S/C16H26N2O2/c1-4-14(13-7-5-6-8-15(13)19)17-10-9-16(20)18-11-12(2)3/h5-8,12,14,17,19H,4,9-11H2,1-3H3,(H,18,20). The molecule has 1 aromatic carbocycles. The summed E-state index contributed by atoms with van der Waals surface area (Å²) in [6.45, 7) is 7.53. The lowest BCUT2D eigenvalue weighted by Crippen LogP contribution is -2.31. The molecular weight excluding hydrogens is 252 g/mol. The fourth-order valence-corrected chi connectivity index (χ4v) is 2.02. The first-order valence-electron chi connectivity index (χ1n) is 7.32. The Morgan fingerprint density at radius 3 is 2.60 bits per heavy atom. The van der Waals surface area contributed by atoms with Gasteiger partial charge in [0.2, 0.25) is 5.91 Å². The molecular formula is C16H26N2O2. The van der Waals surface area contributed by atoms with E-state index in [9.17, 15) is 9.90 Å². The largest absolute Gasteiger partial charge is 0.508 e. The predicted molar refractivity (Wildman–Crippen MR) is 81.6 cm³/mol. The quantitative estimate of drug-likeness (QED) is 0.685. The summed E-state index contributed by atoms with van der Waals surface area (Å²) in [4.78, 5) is 11.6. The molecule has 0 heterocycles. The van der Waals surface area contributed by atoms with E-state index in [-0.39, 0.29) is 11.9 Å². The summed E-state index contributed by atoms with van der Waals surface area (Å²) in [7, 11) is 0. The predicted octanol–water partition coefficient (Wildman–Crippen LogP) is 2.60. The first kappa shape index (κ1) is 16.5. The van der Waals surface area contributed by atoms with Crippen LogP contribution in [0.1, 0.15) is 45.2 Å². The highest BCUT2D eigenvalue weighted by atomic mass is 16.3. The number of phenols is 1. The van der Waals surface area contributed by atoms with Gasteiger partial charge < -0.3 is 15.7 Å². The van der Waals surface area contributed by atoms with Crippen LogP contribution >= 0.6 is 0 Å². The fraction of sp³-hybridized carbons (Fsp3) is 0.562. The average molecular weight is 278 g/mol. The molecule has 1 amide bonds. The molecule has 4 nitrogen and oxygen atoms in total. The van der Waals surface area contributed by atoms with E-state index in [2.05, 4.69) is 31.4 Å². The molecule has 20 heavy (non-hydrogen) atoms. The van der Waals surface area contributed by atoms with Crippen LogP contribution in [0.15, 0.2) is 24.3 Å². The zero-order valence-corrected chi connectivity index (χ0v) is 12.6. The maximum Gasteiger partial charge on any atom is 0.221 e. The zero-order valence-electron chi connectivity index (χ0n) is 12.6. The van der Waals surface area contributed by atoms with Crippen molar-refractivity contribution in [2.45, 2.75) is 39.7 Å². The van der Waals surface area contributed by atoms with Gasteiger partial charge in [-0.15, -0.1) is 0 Å². The molecule has 0 aromatic heterocycles. The number of nitrogens with one attached hydrogen (secondary N) is 2. The van der Waals surface area contributed by atoms with Crippen molar-refractivity contribution in [2.24, 2.45) is 5.92 Å². The van der Waals surface area contributed by atoms with Crippen LogP contribution < -0.4 is 10.6 Å². The third-order valence-electron chi connectivity index (χ3n) is 3.17. The van der Waals surface area contributed by atoms with Crippen LogP contribution in [-0.2, 0) is 4.79 Å². The van der Waals surface area contributed by atoms with Crippen LogP contribution in [0, 0.1) is 5.92 Å². The average Bonchev–Trinajstić information content (AvgIpc) is 2.42. The van der Waals surface area contributed by atoms with Crippen molar-refractivity contribution < 1.29 is 9.90 Å². The Balaban J connectivity index is 2.39. The maximum atomic E-state index is 11.6. The number of benzene rings is 1. The van der Waals surface area contributed by atoms with E-state index < -0.39 is 0 Å². The summed E-state index contributed by atoms with van der Waals surface area (Å²) in [6.07, 6.45) is 1.32. The molecule has 1 unspecified atom stereocenters. The molecule has 112 valence electrons. The van der Waals surface area contributed by atoms with Gasteiger partial charge in [0.25, 0.3) is 0 Å². The lowest BCUT2D eigenvalue weighted by molar-refractivity contribution is -0.121. The maximum absolute atomic E-state index is 11.6. The van der Waals surface area contributed by atoms with Crippen molar-refractivity contribution in [2.75, 3.05) is 13.1 Å². The van der Waals surface area contributed by atoms with Crippen molar-refractivity contribution in [3.8, 4) is 5.75 Å². The highest BCUT2D eigenvalue weighted by Gasteiger charge is 2.12. The second kappa shape index (κ2) is 8.59. The van der Waals surface area contributed by atoms with E-state index in [4.69, 9.17) is 0 Å². The number of rotatable bonds is 8. The summed E-state index contributed by atoms with van der Waals surface area (Å²) < 4.78 is 0. The molecule has 0 bridgehead atoms. The van der Waals surface area contributed by atoms with Gasteiger partial charge in [0, 0.05) is 31.1 Å². The lowest BCUT2D eigenvalue weighted by atomic mass is 10.0. The number of phenolic OH excluding ortho intramolecular Hbond substituents is 1. The van der Waals surface area contributed by atoms with E-state index in [0.29, 0.717) is 24.6 Å². The number of aromatic hydroxyl groups is 1. The van der Waals surface area contributed by atoms with Gasteiger partial charge in [-0.3, -0.25) is 4.79 Å². The Bertz CT molecular complexity index is 419. The highest BCUT2D eigenvalue weighted by Crippen LogP contribution is 2.25. The Kier molecular flexibility index (Phi) is 7.09. The topological polar surface area (TPSA) is 61.4 Å². The lowest BCUT2D eigenvalue weighted by Gasteiger charge is -2.18. The normalized spacial score (nSPS) is 12.4. The van der Waals surface area contributed by atoms with Gasteiger partial charge >= 0.3 is 0 Å². The van der Waals surface area contributed by atoms with Gasteiger partial charge in [-0.05, 0) is 18.4 Å². The molecule has 1 aromatic rings. The minimum Gasteiger partial charge on any atom is -0.508 e. The van der Waals surface area contributed by atoms with Gasteiger partial charge in [0.15, 0.2) is 0 Å². The van der Waals surface area contributed by atoms with Gasteiger partial charge in [0.1, 0.15) is 5.75 Å². The molecule has 1 rings (SSSR count). The Morgan fingerprint density at radius 2 is 2.00 bits per heavy atom. The molecule has 1 atom stereocenters. The second-order valence-electron chi connectivity index (χ2n) is 5.42. The molecule has 0 aliphatic heterocycles. The minimum atomic E-state index is 0.0679. The summed E-state index contributed by atoms with van der Waals surface area (Å²) >= 11 is 0. The summed E-state index contributed by atoms with van der Waals surface area (Å²) in [6, 6.07) is 7.40. The van der Waals surface area contributed by atoms with Crippen molar-refractivity contribution in [3.05, 3.63) is 29.8 Å². The number of carbonyl (C=O) groups is 1. The zero-order chi connectivity index (χ0) is 15.0. The van der Waals surface area contributed by atoms with Crippen LogP contribution in [0.3, 0.4) is 0 Å². The molecule has 4 heteroatoms. The van der Waals surface area contributed by atoms with Crippen molar-refractivity contribution in [3.63, 3.8) is 0 Å². The Morgan fingerprint density at radius 1 is 1.30 bits per heavy atom. The van der Waals surface area contributed by atoms with Crippen molar-refractivity contribution in [1.82, 2.24) is 10.6 Å². The third kappa shape index (κ3) is 5.61. The Hall–Kier alpha value is -1.55. The monoisotopic (exact) mass is 278 g/mol. The van der Waals surface area contributed by atoms with Crippen LogP contribution in [0.2, 0.25) is 0 Å². The molecule has 0 spiro atoms. The van der Waals surface area contributed by atoms with E-state index in [1.165, 1.54) is 0 Å². The molecule has 0 radical (unpaired) electrons. The SMILES string of the molecule is CCC(NCCC(=O)NCC(C)C)c1ccccc1O. The van der Waals surface area contributed by atoms with Crippen molar-refractivity contribution >= 4 is 5.91 Å². The third-order valence-corrected chi connectivity index (χ3v) is 3.17. The molecule has 3 N–H and O–H groups in total. The molecule has 0 fully saturated rings. The van der Waals surface area contributed by atoms with Crippen LogP contribution in [0.5, 0.6) is 5.75 Å². The van der Waals surface area contributed by atoms with Gasteiger partial charge in [-0.1, -0.05) is 39.0 Å². The van der Waals surface area contributed by atoms with Gasteiger partial charge in [-0.25, -0.2) is 0 Å². The first-order chi connectivity index (χ1) is 9.54. The molecule has 0 aliphatic rings. The minimum absolute atomic E-state index is 0.0679. The smallest absolute Gasteiger partial charge is 0.221 e. The second-order valence-corrected chi connectivity index (χ2v) is 5.42. The van der Waals surface area contributed by atoms with Gasteiger partial charge in [-0.2, -0.15) is 0 Å². The van der Waals surface area contributed by atoms with Crippen LogP contribution in [0.4, 0.5) is 0 Å². The van der Waals surface area contributed by atoms with E-state index >= 15 is 0 Å². The summed E-state index contributed by atoms with van der Waals surface area (Å²) in [5.74, 6) is 0.839. The first-order valence-corrected chi connectivity index (χ1v) is 7.32. The number of hydrogen-bond acceptors (Lipinski definition) is 3. The number of amides is 1. The molecule has 0 aliphatic carbocycles. The summed E-state index contributed by atoms with van der Waals surface area (Å²) in [5.41, 5.74) is 0.887. The van der Waals surface area contributed by atoms with E-state index in [0.717, 1.165) is 18.5 Å². The van der Waals surface area contributed by atoms with Crippen molar-refractivity contribution in [1.29, 1.82) is 0 Å². The number of para-hydroxylation sites is 1. The van der Waals surface area contributed by atoms with Crippen LogP contribution in [-0.4, -0.2) is 24.1 Å². The molecule has 0 saturated carbocycles. The fourth-order valence-electron chi connectivity index (χ4n) is 2.02. The van der Waals surface area contributed by atoms with E-state index in [1.54, 1.807) is 6.07 Å². The van der Waals surface area contributed by atoms with E-state index in [1.807, 2.05) is 18.2 Å². The number of carbonyl (C=O) groups excluding carboxylic acids is 1. The Labute approximate surface area is 121 Å². The molecule has 0 saturated heterocycles. The number of hydrogen-bond donors (Lipinski definition) is 3. The van der Waals surface area contributed by atoms with Crippen LogP contribution in [0.25, 0.3) is 0 Å². The summed E-state index contributed by atoms with van der Waals surface area (Å²) in [5, 5.41) is 16.1. The van der Waals surface area contributed by atoms with Gasteiger partial charge in [0.05, 0.1) is 0 Å².